The van der Waals surface area contributed by atoms with Gasteiger partial charge in [0, 0.05) is 15.6 Å². The summed E-state index contributed by atoms with van der Waals surface area (Å²) in [6.07, 6.45) is -0.846. The van der Waals surface area contributed by atoms with E-state index >= 15 is 0 Å². The highest BCUT2D eigenvalue weighted by atomic mass is 35.5. The van der Waals surface area contributed by atoms with Crippen LogP contribution in [-0.4, -0.2) is 0 Å². The quantitative estimate of drug-likeness (QED) is 0.711. The molecule has 0 aliphatic carbocycles. The Morgan fingerprint density at radius 1 is 1.15 bits per heavy atom. The van der Waals surface area contributed by atoms with Crippen LogP contribution in [0.25, 0.3) is 0 Å². The van der Waals surface area contributed by atoms with Gasteiger partial charge in [-0.25, -0.2) is 5.11 Å². The van der Waals surface area contributed by atoms with Crippen molar-refractivity contribution in [1.29, 1.82) is 0 Å². The number of benzene rings is 1. The van der Waals surface area contributed by atoms with Crippen molar-refractivity contribution in [2.24, 2.45) is 5.92 Å². The summed E-state index contributed by atoms with van der Waals surface area (Å²) in [6, 6.07) is 5.12. The molecule has 0 aliphatic heterocycles. The molecular formula is C10H11Cl2O. The molecule has 1 unspecified atom stereocenters. The summed E-state index contributed by atoms with van der Waals surface area (Å²) in [6.45, 7) is 3.72. The van der Waals surface area contributed by atoms with Crippen molar-refractivity contribution in [3.63, 3.8) is 0 Å². The van der Waals surface area contributed by atoms with Crippen molar-refractivity contribution < 1.29 is 5.11 Å². The molecule has 0 bridgehead atoms. The molecule has 1 atom stereocenters. The Morgan fingerprint density at radius 2 is 1.62 bits per heavy atom. The lowest BCUT2D eigenvalue weighted by Gasteiger charge is -2.15. The minimum Gasteiger partial charge on any atom is -0.228 e. The second-order valence-corrected chi connectivity index (χ2v) is 4.11. The molecule has 0 spiro atoms. The fraction of sp³-hybridized carbons (Fsp3) is 0.400. The van der Waals surface area contributed by atoms with Gasteiger partial charge in [0.25, 0.3) is 0 Å². The van der Waals surface area contributed by atoms with Crippen molar-refractivity contribution in [2.45, 2.75) is 20.0 Å². The Balaban J connectivity index is 3.12. The summed E-state index contributed by atoms with van der Waals surface area (Å²) in [7, 11) is 0. The fourth-order valence-corrected chi connectivity index (χ4v) is 1.73. The Morgan fingerprint density at radius 3 is 2.00 bits per heavy atom. The van der Waals surface area contributed by atoms with E-state index in [1.165, 1.54) is 0 Å². The number of hydrogen-bond acceptors (Lipinski definition) is 0. The first-order valence-corrected chi connectivity index (χ1v) is 4.89. The van der Waals surface area contributed by atoms with Gasteiger partial charge in [-0.1, -0.05) is 43.1 Å². The zero-order chi connectivity index (χ0) is 10.0. The van der Waals surface area contributed by atoms with E-state index in [0.29, 0.717) is 15.6 Å². The lowest BCUT2D eigenvalue weighted by atomic mass is 9.99. The van der Waals surface area contributed by atoms with Crippen LogP contribution in [0.2, 0.25) is 10.0 Å². The van der Waals surface area contributed by atoms with Crippen molar-refractivity contribution in [3.8, 4) is 0 Å². The second kappa shape index (κ2) is 4.32. The predicted octanol–water partition coefficient (Wildman–Crippen LogP) is 4.12. The highest BCUT2D eigenvalue weighted by Gasteiger charge is 2.19. The second-order valence-electron chi connectivity index (χ2n) is 3.30. The van der Waals surface area contributed by atoms with Crippen LogP contribution < -0.4 is 0 Å². The van der Waals surface area contributed by atoms with Gasteiger partial charge in [-0.15, -0.1) is 0 Å². The van der Waals surface area contributed by atoms with Gasteiger partial charge in [0.05, 0.1) is 0 Å². The van der Waals surface area contributed by atoms with E-state index in [-0.39, 0.29) is 5.92 Å². The SMILES string of the molecule is CC(C)C([O])c1c(Cl)cccc1Cl. The molecule has 1 aromatic carbocycles. The van der Waals surface area contributed by atoms with Crippen LogP contribution in [0.15, 0.2) is 18.2 Å². The molecule has 1 radical (unpaired) electrons. The number of halogens is 2. The van der Waals surface area contributed by atoms with Crippen molar-refractivity contribution in [3.05, 3.63) is 33.8 Å². The Labute approximate surface area is 88.3 Å². The summed E-state index contributed by atoms with van der Waals surface area (Å²) < 4.78 is 0. The maximum absolute atomic E-state index is 11.7. The highest BCUT2D eigenvalue weighted by molar-refractivity contribution is 6.36. The summed E-state index contributed by atoms with van der Waals surface area (Å²) in [5.41, 5.74) is 0.515. The minimum atomic E-state index is -0.846. The minimum absolute atomic E-state index is 0.00241. The number of hydrogen-bond donors (Lipinski definition) is 0. The van der Waals surface area contributed by atoms with Gasteiger partial charge < -0.3 is 0 Å². The third-order valence-corrected chi connectivity index (χ3v) is 2.55. The largest absolute Gasteiger partial charge is 0.228 e. The van der Waals surface area contributed by atoms with E-state index in [1.807, 2.05) is 13.8 Å². The molecule has 0 saturated carbocycles. The van der Waals surface area contributed by atoms with E-state index in [9.17, 15) is 5.11 Å². The molecule has 0 aromatic heterocycles. The molecular weight excluding hydrogens is 207 g/mol. The van der Waals surface area contributed by atoms with Gasteiger partial charge in [0.2, 0.25) is 0 Å². The lowest BCUT2D eigenvalue weighted by molar-refractivity contribution is 0.0489. The van der Waals surface area contributed by atoms with E-state index in [2.05, 4.69) is 0 Å². The maximum Gasteiger partial charge on any atom is 0.123 e. The van der Waals surface area contributed by atoms with Gasteiger partial charge in [-0.05, 0) is 18.1 Å². The first-order valence-electron chi connectivity index (χ1n) is 4.13. The zero-order valence-electron chi connectivity index (χ0n) is 7.55. The lowest BCUT2D eigenvalue weighted by Crippen LogP contribution is -2.05. The van der Waals surface area contributed by atoms with E-state index in [0.717, 1.165) is 0 Å². The molecule has 71 valence electrons. The average molecular weight is 218 g/mol. The summed E-state index contributed by atoms with van der Waals surface area (Å²) in [4.78, 5) is 0. The van der Waals surface area contributed by atoms with Crippen molar-refractivity contribution >= 4 is 23.2 Å². The molecule has 1 nitrogen and oxygen atoms in total. The third-order valence-electron chi connectivity index (χ3n) is 1.89. The molecule has 13 heavy (non-hydrogen) atoms. The molecule has 0 fully saturated rings. The van der Waals surface area contributed by atoms with Gasteiger partial charge in [0.15, 0.2) is 0 Å². The third kappa shape index (κ3) is 2.37. The van der Waals surface area contributed by atoms with Crippen molar-refractivity contribution in [1.82, 2.24) is 0 Å². The standard InChI is InChI=1S/C10H11Cl2O/c1-6(2)10(13)9-7(11)4-3-5-8(9)12/h3-6,10H,1-2H3. The highest BCUT2D eigenvalue weighted by Crippen LogP contribution is 2.34. The Kier molecular flexibility index (Phi) is 3.60. The topological polar surface area (TPSA) is 19.9 Å². The normalized spacial score (nSPS) is 13.4. The van der Waals surface area contributed by atoms with Gasteiger partial charge in [-0.2, -0.15) is 0 Å². The molecule has 0 aliphatic rings. The van der Waals surface area contributed by atoms with Gasteiger partial charge >= 0.3 is 0 Å². The predicted molar refractivity (Wildman–Crippen MR) is 54.7 cm³/mol. The van der Waals surface area contributed by atoms with Crippen LogP contribution in [-0.2, 0) is 5.11 Å². The molecule has 0 amide bonds. The number of rotatable bonds is 2. The van der Waals surface area contributed by atoms with Crippen LogP contribution in [0, 0.1) is 5.92 Å². The Hall–Kier alpha value is -0.240. The maximum atomic E-state index is 11.7. The first kappa shape index (κ1) is 10.8. The summed E-state index contributed by atoms with van der Waals surface area (Å²) in [5.74, 6) is -0.00241. The van der Waals surface area contributed by atoms with Crippen LogP contribution in [0.3, 0.4) is 0 Å². The van der Waals surface area contributed by atoms with E-state index < -0.39 is 6.10 Å². The molecule has 0 heterocycles. The van der Waals surface area contributed by atoms with Gasteiger partial charge in [0.1, 0.15) is 6.10 Å². The first-order chi connectivity index (χ1) is 6.04. The summed E-state index contributed by atoms with van der Waals surface area (Å²) >= 11 is 11.8. The Bertz CT molecular complexity index is 277. The molecule has 3 heteroatoms. The average Bonchev–Trinajstić information content (AvgIpc) is 2.03. The molecule has 0 saturated heterocycles. The van der Waals surface area contributed by atoms with Crippen LogP contribution >= 0.6 is 23.2 Å². The fourth-order valence-electron chi connectivity index (χ4n) is 1.12. The monoisotopic (exact) mass is 217 g/mol. The van der Waals surface area contributed by atoms with Crippen molar-refractivity contribution in [2.75, 3.05) is 0 Å². The van der Waals surface area contributed by atoms with E-state index in [4.69, 9.17) is 23.2 Å². The van der Waals surface area contributed by atoms with Gasteiger partial charge in [-0.3, -0.25) is 0 Å². The van der Waals surface area contributed by atoms with Crippen LogP contribution in [0.5, 0.6) is 0 Å². The van der Waals surface area contributed by atoms with Crippen LogP contribution in [0.4, 0.5) is 0 Å². The molecule has 0 N–H and O–H groups in total. The molecule has 1 aromatic rings. The van der Waals surface area contributed by atoms with Crippen LogP contribution in [0.1, 0.15) is 25.5 Å². The smallest absolute Gasteiger partial charge is 0.123 e. The molecule has 1 rings (SSSR count). The summed E-state index contributed by atoms with van der Waals surface area (Å²) in [5, 5.41) is 12.6. The van der Waals surface area contributed by atoms with E-state index in [1.54, 1.807) is 18.2 Å². The zero-order valence-corrected chi connectivity index (χ0v) is 9.06.